The molecular weight excluding hydrogens is 452 g/mol. The van der Waals surface area contributed by atoms with Crippen molar-refractivity contribution in [2.75, 3.05) is 43.4 Å². The maximum atomic E-state index is 13.6. The first kappa shape index (κ1) is 24.3. The Labute approximate surface area is 202 Å². The van der Waals surface area contributed by atoms with E-state index in [0.717, 1.165) is 13.1 Å². The van der Waals surface area contributed by atoms with Crippen LogP contribution in [-0.2, 0) is 19.6 Å². The lowest BCUT2D eigenvalue weighted by molar-refractivity contribution is -0.128. The zero-order valence-corrected chi connectivity index (χ0v) is 21.2. The fraction of sp³-hybridized carbons (Fsp3) is 0.520. The lowest BCUT2D eigenvalue weighted by Crippen LogP contribution is -2.50. The molecule has 1 unspecified atom stereocenters. The van der Waals surface area contributed by atoms with Crippen LogP contribution in [-0.4, -0.2) is 67.9 Å². The third-order valence-corrected chi connectivity index (χ3v) is 8.72. The van der Waals surface area contributed by atoms with Crippen LogP contribution in [0.3, 0.4) is 0 Å². The number of rotatable bonds is 4. The molecule has 1 atom stereocenters. The summed E-state index contributed by atoms with van der Waals surface area (Å²) in [5.41, 5.74) is 5.27. The number of piperazine rings is 1. The fourth-order valence-corrected chi connectivity index (χ4v) is 6.83. The highest BCUT2D eigenvalue weighted by atomic mass is 32.2. The van der Waals surface area contributed by atoms with E-state index in [1.165, 1.54) is 28.0 Å². The van der Waals surface area contributed by atoms with Gasteiger partial charge in [0.05, 0.1) is 11.4 Å². The van der Waals surface area contributed by atoms with Crippen LogP contribution < -0.4 is 10.2 Å². The molecule has 34 heavy (non-hydrogen) atoms. The van der Waals surface area contributed by atoms with Crippen LogP contribution in [0.25, 0.3) is 0 Å². The minimum absolute atomic E-state index is 0.0869. The maximum Gasteiger partial charge on any atom is 0.252 e. The van der Waals surface area contributed by atoms with Gasteiger partial charge in [-0.25, -0.2) is 8.42 Å². The molecule has 0 spiro atoms. The molecule has 0 radical (unpaired) electrons. The summed E-state index contributed by atoms with van der Waals surface area (Å²) in [5, 5.41) is 2.80. The zero-order chi connectivity index (χ0) is 24.6. The van der Waals surface area contributed by atoms with E-state index in [9.17, 15) is 18.0 Å². The first-order valence-corrected chi connectivity index (χ1v) is 13.5. The quantitative estimate of drug-likeness (QED) is 0.705. The SMILES string of the molecule is CC(=O)NC1=C(C(=O)N2CCN(c3ccc(C)cc3C)CC2)C(C)CC(N2CCCS2(=O)=O)=C1. The standard InChI is InChI=1S/C25H34N4O4S/c1-17-6-7-23(18(2)14-17)27-9-11-28(12-10-27)25(31)24-19(3)15-21(16-22(24)26-20(4)30)29-8-5-13-34(29,32)33/h6-7,14,16,19H,5,8-13,15H2,1-4H3,(H,26,30). The number of sulfonamides is 1. The molecule has 2 saturated heterocycles. The topological polar surface area (TPSA) is 90.0 Å². The summed E-state index contributed by atoms with van der Waals surface area (Å²) >= 11 is 0. The maximum absolute atomic E-state index is 13.6. The normalized spacial score (nSPS) is 22.6. The number of carbonyl (C=O) groups is 2. The Morgan fingerprint density at radius 2 is 1.76 bits per heavy atom. The summed E-state index contributed by atoms with van der Waals surface area (Å²) in [5.74, 6) is -0.443. The monoisotopic (exact) mass is 486 g/mol. The van der Waals surface area contributed by atoms with Crippen molar-refractivity contribution in [1.82, 2.24) is 14.5 Å². The highest BCUT2D eigenvalue weighted by Crippen LogP contribution is 2.35. The van der Waals surface area contributed by atoms with E-state index in [4.69, 9.17) is 0 Å². The number of hydrogen-bond donors (Lipinski definition) is 1. The van der Waals surface area contributed by atoms with E-state index in [1.54, 1.807) is 6.08 Å². The molecular formula is C25H34N4O4S. The average molecular weight is 487 g/mol. The van der Waals surface area contributed by atoms with Gasteiger partial charge in [0.2, 0.25) is 15.9 Å². The second-order valence-electron chi connectivity index (χ2n) is 9.56. The number of amides is 2. The van der Waals surface area contributed by atoms with Crippen LogP contribution in [0.1, 0.15) is 37.8 Å². The van der Waals surface area contributed by atoms with Gasteiger partial charge in [-0.3, -0.25) is 13.9 Å². The van der Waals surface area contributed by atoms with Gasteiger partial charge in [-0.2, -0.15) is 0 Å². The number of aryl methyl sites for hydroxylation is 2. The molecule has 2 fully saturated rings. The Balaban J connectivity index is 1.56. The highest BCUT2D eigenvalue weighted by Gasteiger charge is 2.36. The summed E-state index contributed by atoms with van der Waals surface area (Å²) in [6.07, 6.45) is 2.72. The van der Waals surface area contributed by atoms with Gasteiger partial charge in [0, 0.05) is 56.6 Å². The van der Waals surface area contributed by atoms with Crippen molar-refractivity contribution < 1.29 is 18.0 Å². The van der Waals surface area contributed by atoms with Gasteiger partial charge >= 0.3 is 0 Å². The van der Waals surface area contributed by atoms with E-state index in [-0.39, 0.29) is 23.5 Å². The van der Waals surface area contributed by atoms with Crippen LogP contribution in [0.4, 0.5) is 5.69 Å². The number of carbonyl (C=O) groups excluding carboxylic acids is 2. The molecule has 0 aromatic heterocycles. The van der Waals surface area contributed by atoms with Gasteiger partial charge in [0.15, 0.2) is 0 Å². The summed E-state index contributed by atoms with van der Waals surface area (Å²) < 4.78 is 26.3. The average Bonchev–Trinajstić information content (AvgIpc) is 3.12. The van der Waals surface area contributed by atoms with Crippen LogP contribution in [0.5, 0.6) is 0 Å². The second kappa shape index (κ2) is 9.44. The molecule has 4 rings (SSSR count). The number of anilines is 1. The summed E-state index contributed by atoms with van der Waals surface area (Å²) in [6.45, 7) is 10.6. The molecule has 184 valence electrons. The van der Waals surface area contributed by atoms with Crippen molar-refractivity contribution in [3.8, 4) is 0 Å². The van der Waals surface area contributed by atoms with Crippen LogP contribution in [0.15, 0.2) is 41.2 Å². The molecule has 2 aliphatic heterocycles. The van der Waals surface area contributed by atoms with Gasteiger partial charge in [0.1, 0.15) is 0 Å². The Morgan fingerprint density at radius 1 is 1.06 bits per heavy atom. The van der Waals surface area contributed by atoms with E-state index >= 15 is 0 Å². The van der Waals surface area contributed by atoms with Crippen molar-refractivity contribution in [2.24, 2.45) is 5.92 Å². The Morgan fingerprint density at radius 3 is 2.35 bits per heavy atom. The largest absolute Gasteiger partial charge is 0.368 e. The number of nitrogens with one attached hydrogen (secondary N) is 1. The van der Waals surface area contributed by atoms with Gasteiger partial charge in [-0.05, 0) is 50.3 Å². The number of allylic oxidation sites excluding steroid dienone is 2. The third-order valence-electron chi connectivity index (χ3n) is 6.83. The Hall–Kier alpha value is -2.81. The predicted octanol–water partition coefficient (Wildman–Crippen LogP) is 2.30. The summed E-state index contributed by atoms with van der Waals surface area (Å²) in [4.78, 5) is 29.7. The van der Waals surface area contributed by atoms with Crippen molar-refractivity contribution in [3.63, 3.8) is 0 Å². The molecule has 0 bridgehead atoms. The lowest BCUT2D eigenvalue weighted by atomic mass is 9.88. The number of nitrogens with zero attached hydrogens (tertiary/aromatic N) is 3. The molecule has 2 amide bonds. The molecule has 1 N–H and O–H groups in total. The smallest absolute Gasteiger partial charge is 0.252 e. The minimum atomic E-state index is -3.33. The molecule has 3 aliphatic rings. The predicted molar refractivity (Wildman–Crippen MR) is 133 cm³/mol. The molecule has 0 saturated carbocycles. The van der Waals surface area contributed by atoms with E-state index in [1.807, 2.05) is 11.8 Å². The first-order valence-electron chi connectivity index (χ1n) is 11.9. The molecule has 1 aliphatic carbocycles. The summed E-state index contributed by atoms with van der Waals surface area (Å²) in [7, 11) is -3.33. The van der Waals surface area contributed by atoms with Gasteiger partial charge in [-0.15, -0.1) is 0 Å². The van der Waals surface area contributed by atoms with E-state index in [0.29, 0.717) is 49.4 Å². The molecule has 2 heterocycles. The third kappa shape index (κ3) is 4.85. The van der Waals surface area contributed by atoms with Gasteiger partial charge in [-0.1, -0.05) is 24.6 Å². The fourth-order valence-electron chi connectivity index (χ4n) is 5.22. The molecule has 9 heteroatoms. The van der Waals surface area contributed by atoms with Gasteiger partial charge < -0.3 is 15.1 Å². The van der Waals surface area contributed by atoms with Crippen LogP contribution >= 0.6 is 0 Å². The van der Waals surface area contributed by atoms with Gasteiger partial charge in [0.25, 0.3) is 5.91 Å². The summed E-state index contributed by atoms with van der Waals surface area (Å²) in [6, 6.07) is 6.42. The lowest BCUT2D eigenvalue weighted by Gasteiger charge is -2.39. The van der Waals surface area contributed by atoms with E-state index < -0.39 is 10.0 Å². The zero-order valence-electron chi connectivity index (χ0n) is 20.4. The van der Waals surface area contributed by atoms with Crippen molar-refractivity contribution >= 4 is 27.5 Å². The van der Waals surface area contributed by atoms with Crippen LogP contribution in [0.2, 0.25) is 0 Å². The number of benzene rings is 1. The Bertz CT molecular complexity index is 1160. The first-order chi connectivity index (χ1) is 16.1. The number of hydrogen-bond acceptors (Lipinski definition) is 5. The Kier molecular flexibility index (Phi) is 6.75. The molecule has 1 aromatic rings. The van der Waals surface area contributed by atoms with Crippen molar-refractivity contribution in [1.29, 1.82) is 0 Å². The van der Waals surface area contributed by atoms with Crippen molar-refractivity contribution in [2.45, 2.75) is 40.5 Å². The highest BCUT2D eigenvalue weighted by molar-refractivity contribution is 7.89. The minimum Gasteiger partial charge on any atom is -0.368 e. The molecule has 8 nitrogen and oxygen atoms in total. The molecule has 1 aromatic carbocycles. The van der Waals surface area contributed by atoms with Crippen LogP contribution in [0, 0.1) is 19.8 Å². The van der Waals surface area contributed by atoms with Crippen molar-refractivity contribution in [3.05, 3.63) is 52.4 Å². The second-order valence-corrected chi connectivity index (χ2v) is 11.6. The van der Waals surface area contributed by atoms with E-state index in [2.05, 4.69) is 42.3 Å².